The molecule has 1 aliphatic heterocycles. The number of amides is 1. The van der Waals surface area contributed by atoms with E-state index < -0.39 is 11.7 Å². The zero-order valence-corrected chi connectivity index (χ0v) is 9.45. The summed E-state index contributed by atoms with van der Waals surface area (Å²) in [4.78, 5) is 11.4. The third-order valence-electron chi connectivity index (χ3n) is 2.14. The molecule has 1 rings (SSSR count). The first-order valence-corrected chi connectivity index (χ1v) is 5.10. The summed E-state index contributed by atoms with van der Waals surface area (Å²) in [6.07, 6.45) is -0.462. The highest BCUT2D eigenvalue weighted by molar-refractivity contribution is 5.68. The molecule has 0 spiro atoms. The first kappa shape index (κ1) is 12.3. The van der Waals surface area contributed by atoms with E-state index >= 15 is 0 Å². The van der Waals surface area contributed by atoms with Gasteiger partial charge in [0.15, 0.2) is 0 Å². The predicted octanol–water partition coefficient (Wildman–Crippen LogP) is 0.518. The van der Waals surface area contributed by atoms with E-state index in [4.69, 9.17) is 14.6 Å². The van der Waals surface area contributed by atoms with Crippen molar-refractivity contribution in [2.24, 2.45) is 5.92 Å². The van der Waals surface area contributed by atoms with Crippen molar-refractivity contribution in [3.05, 3.63) is 0 Å². The average Bonchev–Trinajstić information content (AvgIpc) is 2.48. The Balaban J connectivity index is 2.37. The number of hydrogen-bond acceptors (Lipinski definition) is 4. The minimum Gasteiger partial charge on any atom is -0.444 e. The van der Waals surface area contributed by atoms with Gasteiger partial charge in [-0.25, -0.2) is 4.79 Å². The Morgan fingerprint density at radius 1 is 1.53 bits per heavy atom. The van der Waals surface area contributed by atoms with Gasteiger partial charge in [0.25, 0.3) is 0 Å². The van der Waals surface area contributed by atoms with Crippen LogP contribution >= 0.6 is 0 Å². The van der Waals surface area contributed by atoms with Crippen molar-refractivity contribution in [3.63, 3.8) is 0 Å². The van der Waals surface area contributed by atoms with E-state index in [9.17, 15) is 4.79 Å². The standard InChI is InChI=1S/C10H19NO4/c1-10(2,3)15-9(13)11-8-6-14-5-7(8)4-12/h7-8,12H,4-6H2,1-3H3,(H,11,13)/t7-,8+/m0/s1. The first-order valence-electron chi connectivity index (χ1n) is 5.10. The van der Waals surface area contributed by atoms with Crippen molar-refractivity contribution in [1.29, 1.82) is 0 Å². The molecule has 2 N–H and O–H groups in total. The Hall–Kier alpha value is -0.810. The highest BCUT2D eigenvalue weighted by Gasteiger charge is 2.30. The fourth-order valence-electron chi connectivity index (χ4n) is 1.40. The minimum atomic E-state index is -0.502. The van der Waals surface area contributed by atoms with Crippen molar-refractivity contribution >= 4 is 6.09 Å². The third-order valence-corrected chi connectivity index (χ3v) is 2.14. The van der Waals surface area contributed by atoms with Gasteiger partial charge in [-0.15, -0.1) is 0 Å². The molecule has 0 saturated carbocycles. The molecule has 5 heteroatoms. The molecule has 0 aromatic carbocycles. The molecule has 88 valence electrons. The Morgan fingerprint density at radius 2 is 2.20 bits per heavy atom. The van der Waals surface area contributed by atoms with Crippen molar-refractivity contribution in [1.82, 2.24) is 5.32 Å². The number of ether oxygens (including phenoxy) is 2. The molecular formula is C10H19NO4. The number of carbonyl (C=O) groups is 1. The summed E-state index contributed by atoms with van der Waals surface area (Å²) in [6, 6.07) is -0.148. The lowest BCUT2D eigenvalue weighted by molar-refractivity contribution is 0.0485. The van der Waals surface area contributed by atoms with Crippen LogP contribution < -0.4 is 5.32 Å². The maximum atomic E-state index is 11.4. The van der Waals surface area contributed by atoms with Crippen LogP contribution in [0.1, 0.15) is 20.8 Å². The third kappa shape index (κ3) is 4.05. The lowest BCUT2D eigenvalue weighted by Gasteiger charge is -2.23. The second-order valence-corrected chi connectivity index (χ2v) is 4.73. The van der Waals surface area contributed by atoms with Gasteiger partial charge < -0.3 is 19.9 Å². The number of rotatable bonds is 2. The van der Waals surface area contributed by atoms with Gasteiger partial charge in [-0.1, -0.05) is 0 Å². The van der Waals surface area contributed by atoms with Gasteiger partial charge in [-0.05, 0) is 20.8 Å². The second-order valence-electron chi connectivity index (χ2n) is 4.73. The first-order chi connectivity index (χ1) is 6.92. The van der Waals surface area contributed by atoms with Crippen LogP contribution in [0.5, 0.6) is 0 Å². The monoisotopic (exact) mass is 217 g/mol. The van der Waals surface area contributed by atoms with Crippen LogP contribution in [0.3, 0.4) is 0 Å². The Bertz CT molecular complexity index is 224. The summed E-state index contributed by atoms with van der Waals surface area (Å²) >= 11 is 0. The largest absolute Gasteiger partial charge is 0.444 e. The zero-order valence-electron chi connectivity index (χ0n) is 9.45. The Labute approximate surface area is 89.8 Å². The lowest BCUT2D eigenvalue weighted by Crippen LogP contribution is -2.43. The van der Waals surface area contributed by atoms with E-state index in [1.54, 1.807) is 20.8 Å². The van der Waals surface area contributed by atoms with E-state index in [1.807, 2.05) is 0 Å². The van der Waals surface area contributed by atoms with Crippen LogP contribution in [0.4, 0.5) is 4.79 Å². The molecule has 5 nitrogen and oxygen atoms in total. The summed E-state index contributed by atoms with van der Waals surface area (Å²) in [5, 5.41) is 11.7. The fourth-order valence-corrected chi connectivity index (χ4v) is 1.40. The van der Waals surface area contributed by atoms with Gasteiger partial charge in [0.05, 0.1) is 25.9 Å². The second kappa shape index (κ2) is 4.81. The Morgan fingerprint density at radius 3 is 2.73 bits per heavy atom. The normalized spacial score (nSPS) is 26.4. The van der Waals surface area contributed by atoms with Crippen LogP contribution in [-0.2, 0) is 9.47 Å². The van der Waals surface area contributed by atoms with Crippen LogP contribution in [0.15, 0.2) is 0 Å². The highest BCUT2D eigenvalue weighted by Crippen LogP contribution is 2.14. The van der Waals surface area contributed by atoms with Gasteiger partial charge in [0.2, 0.25) is 0 Å². The van der Waals surface area contributed by atoms with Gasteiger partial charge in [-0.2, -0.15) is 0 Å². The molecule has 0 unspecified atom stereocenters. The zero-order chi connectivity index (χ0) is 11.5. The minimum absolute atomic E-state index is 0.0143. The maximum Gasteiger partial charge on any atom is 0.407 e. The van der Waals surface area contributed by atoms with E-state index in [0.717, 1.165) is 0 Å². The summed E-state index contributed by atoms with van der Waals surface area (Å²) in [5.41, 5.74) is -0.502. The van der Waals surface area contributed by atoms with E-state index in [2.05, 4.69) is 5.32 Å². The van der Waals surface area contributed by atoms with E-state index in [-0.39, 0.29) is 18.6 Å². The molecule has 1 fully saturated rings. The van der Waals surface area contributed by atoms with Gasteiger partial charge in [0, 0.05) is 5.92 Å². The summed E-state index contributed by atoms with van der Waals surface area (Å²) in [5.74, 6) is -0.0301. The number of aliphatic hydroxyl groups is 1. The molecule has 0 bridgehead atoms. The molecule has 0 aromatic heterocycles. The van der Waals surface area contributed by atoms with Gasteiger partial charge in [0.1, 0.15) is 5.60 Å². The van der Waals surface area contributed by atoms with Crippen molar-refractivity contribution in [2.45, 2.75) is 32.4 Å². The number of alkyl carbamates (subject to hydrolysis) is 1. The van der Waals surface area contributed by atoms with Crippen molar-refractivity contribution < 1.29 is 19.4 Å². The number of hydrogen-bond donors (Lipinski definition) is 2. The van der Waals surface area contributed by atoms with Crippen LogP contribution in [0.25, 0.3) is 0 Å². The summed E-state index contributed by atoms with van der Waals surface area (Å²) in [6.45, 7) is 6.35. The molecule has 1 amide bonds. The average molecular weight is 217 g/mol. The molecule has 0 aromatic rings. The van der Waals surface area contributed by atoms with Crippen LogP contribution in [0, 0.1) is 5.92 Å². The fraction of sp³-hybridized carbons (Fsp3) is 0.900. The Kier molecular flexibility index (Phi) is 3.93. The topological polar surface area (TPSA) is 67.8 Å². The maximum absolute atomic E-state index is 11.4. The quantitative estimate of drug-likeness (QED) is 0.707. The highest BCUT2D eigenvalue weighted by atomic mass is 16.6. The van der Waals surface area contributed by atoms with Crippen molar-refractivity contribution in [2.75, 3.05) is 19.8 Å². The molecule has 1 saturated heterocycles. The van der Waals surface area contributed by atoms with Crippen LogP contribution in [-0.4, -0.2) is 42.7 Å². The molecule has 1 heterocycles. The van der Waals surface area contributed by atoms with Gasteiger partial charge in [-0.3, -0.25) is 0 Å². The molecule has 15 heavy (non-hydrogen) atoms. The van der Waals surface area contributed by atoms with E-state index in [1.165, 1.54) is 0 Å². The number of nitrogens with one attached hydrogen (secondary N) is 1. The molecule has 0 radical (unpaired) electrons. The van der Waals surface area contributed by atoms with E-state index in [0.29, 0.717) is 13.2 Å². The predicted molar refractivity (Wildman–Crippen MR) is 54.6 cm³/mol. The van der Waals surface area contributed by atoms with Gasteiger partial charge >= 0.3 is 6.09 Å². The summed E-state index contributed by atoms with van der Waals surface area (Å²) in [7, 11) is 0. The molecule has 0 aliphatic carbocycles. The summed E-state index contributed by atoms with van der Waals surface area (Å²) < 4.78 is 10.3. The van der Waals surface area contributed by atoms with Crippen LogP contribution in [0.2, 0.25) is 0 Å². The lowest BCUT2D eigenvalue weighted by atomic mass is 10.1. The smallest absolute Gasteiger partial charge is 0.407 e. The SMILES string of the molecule is CC(C)(C)OC(=O)N[C@@H]1COC[C@@H]1CO. The number of aliphatic hydroxyl groups excluding tert-OH is 1. The number of carbonyl (C=O) groups excluding carboxylic acids is 1. The molecule has 1 aliphatic rings. The molecule has 2 atom stereocenters. The van der Waals surface area contributed by atoms with Crippen molar-refractivity contribution in [3.8, 4) is 0 Å². The molecular weight excluding hydrogens is 198 g/mol.